The van der Waals surface area contributed by atoms with Crippen LogP contribution in [-0.2, 0) is 4.79 Å². The van der Waals surface area contributed by atoms with Crippen LogP contribution < -0.4 is 0 Å². The first-order chi connectivity index (χ1) is 9.50. The van der Waals surface area contributed by atoms with Gasteiger partial charge < -0.3 is 10.0 Å². The monoisotopic (exact) mass is 343 g/mol. The summed E-state index contributed by atoms with van der Waals surface area (Å²) in [6.45, 7) is 0.470. The van der Waals surface area contributed by atoms with E-state index in [0.717, 1.165) is 12.8 Å². The van der Waals surface area contributed by atoms with E-state index in [9.17, 15) is 14.0 Å². The Kier molecular flexibility index (Phi) is 4.75. The second-order valence-corrected chi connectivity index (χ2v) is 5.70. The number of carbonyl (C=O) groups excluding carboxylic acids is 1. The first-order valence-corrected chi connectivity index (χ1v) is 7.26. The van der Waals surface area contributed by atoms with Crippen molar-refractivity contribution in [3.05, 3.63) is 34.1 Å². The van der Waals surface area contributed by atoms with Gasteiger partial charge in [-0.15, -0.1) is 0 Å². The molecule has 1 atom stereocenters. The van der Waals surface area contributed by atoms with Gasteiger partial charge >= 0.3 is 5.97 Å². The fourth-order valence-electron chi connectivity index (χ4n) is 2.53. The maximum atomic E-state index is 13.9. The van der Waals surface area contributed by atoms with Crippen LogP contribution in [0.5, 0.6) is 0 Å². The van der Waals surface area contributed by atoms with Gasteiger partial charge in [-0.1, -0.05) is 6.07 Å². The van der Waals surface area contributed by atoms with Crippen LogP contribution in [0.4, 0.5) is 4.39 Å². The average molecular weight is 344 g/mol. The number of halogens is 2. The summed E-state index contributed by atoms with van der Waals surface area (Å²) in [6.07, 6.45) is 2.25. The lowest BCUT2D eigenvalue weighted by Gasteiger charge is -2.35. The third-order valence-corrected chi connectivity index (χ3v) is 4.14. The van der Waals surface area contributed by atoms with Crippen LogP contribution in [0, 0.1) is 5.82 Å². The van der Waals surface area contributed by atoms with Crippen LogP contribution in [0.1, 0.15) is 36.0 Å². The van der Waals surface area contributed by atoms with Crippen LogP contribution in [0.2, 0.25) is 0 Å². The van der Waals surface area contributed by atoms with Crippen LogP contribution >= 0.6 is 15.9 Å². The minimum atomic E-state index is -0.942. The minimum Gasteiger partial charge on any atom is -0.481 e. The molecule has 1 N–H and O–H groups in total. The second-order valence-electron chi connectivity index (χ2n) is 4.84. The fourth-order valence-corrected chi connectivity index (χ4v) is 3.04. The molecule has 0 saturated carbocycles. The standard InChI is InChI=1S/C14H15BrFNO3/c15-10-5-3-6-11(16)13(10)14(20)17-7-2-1-4-9(17)8-12(18)19/h3,5-6,9H,1-2,4,7-8H2,(H,18,19). The Labute approximate surface area is 124 Å². The molecule has 108 valence electrons. The molecule has 0 aliphatic carbocycles. The van der Waals surface area contributed by atoms with E-state index >= 15 is 0 Å². The molecule has 0 bridgehead atoms. The molecule has 1 amide bonds. The summed E-state index contributed by atoms with van der Waals surface area (Å²) < 4.78 is 14.2. The van der Waals surface area contributed by atoms with Crippen molar-refractivity contribution in [1.29, 1.82) is 0 Å². The molecule has 0 aromatic heterocycles. The molecule has 1 aliphatic rings. The van der Waals surface area contributed by atoms with Gasteiger partial charge in [0.15, 0.2) is 0 Å². The summed E-state index contributed by atoms with van der Waals surface area (Å²) in [5.41, 5.74) is -0.0233. The first kappa shape index (κ1) is 15.0. The normalized spacial score (nSPS) is 18.9. The first-order valence-electron chi connectivity index (χ1n) is 6.47. The number of amides is 1. The van der Waals surface area contributed by atoms with Gasteiger partial charge in [0, 0.05) is 17.1 Å². The predicted octanol–water partition coefficient (Wildman–Crippen LogP) is 3.06. The Morgan fingerprint density at radius 2 is 2.15 bits per heavy atom. The summed E-state index contributed by atoms with van der Waals surface area (Å²) in [4.78, 5) is 24.9. The summed E-state index contributed by atoms with van der Waals surface area (Å²) in [7, 11) is 0. The molecule has 1 saturated heterocycles. The lowest BCUT2D eigenvalue weighted by molar-refractivity contribution is -0.138. The van der Waals surface area contributed by atoms with Crippen LogP contribution in [0.3, 0.4) is 0 Å². The van der Waals surface area contributed by atoms with E-state index in [4.69, 9.17) is 5.11 Å². The maximum Gasteiger partial charge on any atom is 0.305 e. The van der Waals surface area contributed by atoms with Crippen LogP contribution in [-0.4, -0.2) is 34.5 Å². The van der Waals surface area contributed by atoms with Crippen molar-refractivity contribution in [3.63, 3.8) is 0 Å². The zero-order valence-electron chi connectivity index (χ0n) is 10.8. The summed E-state index contributed by atoms with van der Waals surface area (Å²) >= 11 is 3.18. The zero-order chi connectivity index (χ0) is 14.7. The molecule has 0 radical (unpaired) electrons. The third kappa shape index (κ3) is 3.17. The van der Waals surface area contributed by atoms with E-state index in [0.29, 0.717) is 17.4 Å². The van der Waals surface area contributed by atoms with Crippen molar-refractivity contribution in [3.8, 4) is 0 Å². The van der Waals surface area contributed by atoms with Crippen molar-refractivity contribution < 1.29 is 19.1 Å². The summed E-state index contributed by atoms with van der Waals surface area (Å²) in [5.74, 6) is -1.98. The predicted molar refractivity (Wildman–Crippen MR) is 75.0 cm³/mol. The van der Waals surface area contributed by atoms with Gasteiger partial charge in [-0.2, -0.15) is 0 Å². The highest BCUT2D eigenvalue weighted by atomic mass is 79.9. The largest absolute Gasteiger partial charge is 0.481 e. The zero-order valence-corrected chi connectivity index (χ0v) is 12.4. The van der Waals surface area contributed by atoms with Crippen molar-refractivity contribution in [2.45, 2.75) is 31.7 Å². The minimum absolute atomic E-state index is 0.0233. The molecule has 6 heteroatoms. The topological polar surface area (TPSA) is 57.6 Å². The van der Waals surface area contributed by atoms with Gasteiger partial charge in [0.25, 0.3) is 5.91 Å². The average Bonchev–Trinajstić information content (AvgIpc) is 2.38. The number of likely N-dealkylation sites (tertiary alicyclic amines) is 1. The SMILES string of the molecule is O=C(O)CC1CCCCN1C(=O)c1c(F)cccc1Br. The van der Waals surface area contributed by atoms with E-state index in [1.807, 2.05) is 0 Å². The third-order valence-electron chi connectivity index (χ3n) is 3.47. The highest BCUT2D eigenvalue weighted by Crippen LogP contribution is 2.26. The Balaban J connectivity index is 2.28. The van der Waals surface area contributed by atoms with Gasteiger partial charge in [-0.05, 0) is 47.3 Å². The van der Waals surface area contributed by atoms with Gasteiger partial charge in [0.05, 0.1) is 12.0 Å². The van der Waals surface area contributed by atoms with Crippen molar-refractivity contribution >= 4 is 27.8 Å². The molecule has 1 aliphatic heterocycles. The highest BCUT2D eigenvalue weighted by Gasteiger charge is 2.31. The number of benzene rings is 1. The number of aliphatic carboxylic acids is 1. The summed E-state index contributed by atoms with van der Waals surface area (Å²) in [6, 6.07) is 3.99. The molecule has 20 heavy (non-hydrogen) atoms. The molecule has 1 unspecified atom stereocenters. The number of carbonyl (C=O) groups is 2. The van der Waals surface area contributed by atoms with E-state index in [2.05, 4.69) is 15.9 Å². The van der Waals surface area contributed by atoms with E-state index in [-0.39, 0.29) is 18.0 Å². The molecular weight excluding hydrogens is 329 g/mol. The number of piperidine rings is 1. The smallest absolute Gasteiger partial charge is 0.305 e. The molecule has 1 heterocycles. The number of carboxylic acids is 1. The number of hydrogen-bond acceptors (Lipinski definition) is 2. The molecule has 4 nitrogen and oxygen atoms in total. The number of carboxylic acid groups (broad SMARTS) is 1. The molecule has 1 aromatic rings. The Morgan fingerprint density at radius 1 is 1.40 bits per heavy atom. The maximum absolute atomic E-state index is 13.9. The van der Waals surface area contributed by atoms with Crippen molar-refractivity contribution in [2.75, 3.05) is 6.54 Å². The second kappa shape index (κ2) is 6.35. The number of nitrogens with zero attached hydrogens (tertiary/aromatic N) is 1. The lowest BCUT2D eigenvalue weighted by atomic mass is 9.98. The van der Waals surface area contributed by atoms with E-state index in [1.165, 1.54) is 17.0 Å². The van der Waals surface area contributed by atoms with Crippen LogP contribution in [0.15, 0.2) is 22.7 Å². The number of rotatable bonds is 3. The van der Waals surface area contributed by atoms with E-state index < -0.39 is 17.7 Å². The molecular formula is C14H15BrFNO3. The van der Waals surface area contributed by atoms with Gasteiger partial charge in [-0.25, -0.2) is 4.39 Å². The number of hydrogen-bond donors (Lipinski definition) is 1. The summed E-state index contributed by atoms with van der Waals surface area (Å²) in [5, 5.41) is 8.92. The molecule has 0 spiro atoms. The lowest BCUT2D eigenvalue weighted by Crippen LogP contribution is -2.45. The Morgan fingerprint density at radius 3 is 2.80 bits per heavy atom. The Hall–Kier alpha value is -1.43. The van der Waals surface area contributed by atoms with Gasteiger partial charge in [-0.3, -0.25) is 9.59 Å². The molecule has 2 rings (SSSR count). The molecule has 1 fully saturated rings. The van der Waals surface area contributed by atoms with Gasteiger partial charge in [0.1, 0.15) is 5.82 Å². The van der Waals surface area contributed by atoms with Crippen molar-refractivity contribution in [2.24, 2.45) is 0 Å². The van der Waals surface area contributed by atoms with Crippen molar-refractivity contribution in [1.82, 2.24) is 4.90 Å². The van der Waals surface area contributed by atoms with Crippen LogP contribution in [0.25, 0.3) is 0 Å². The fraction of sp³-hybridized carbons (Fsp3) is 0.429. The quantitative estimate of drug-likeness (QED) is 0.917. The highest BCUT2D eigenvalue weighted by molar-refractivity contribution is 9.10. The molecule has 1 aromatic carbocycles. The van der Waals surface area contributed by atoms with Gasteiger partial charge in [0.2, 0.25) is 0 Å². The van der Waals surface area contributed by atoms with E-state index in [1.54, 1.807) is 6.07 Å². The Bertz CT molecular complexity index is 515.